The maximum Gasteiger partial charge on any atom is 0.143 e. The van der Waals surface area contributed by atoms with Gasteiger partial charge in [-0.05, 0) is 35.9 Å². The minimum absolute atomic E-state index is 0.699. The van der Waals surface area contributed by atoms with Crippen LogP contribution in [0.4, 0.5) is 11.5 Å². The summed E-state index contributed by atoms with van der Waals surface area (Å²) in [7, 11) is 0. The largest absolute Gasteiger partial charge is 0.379 e. The molecule has 4 aromatic rings. The van der Waals surface area contributed by atoms with Gasteiger partial charge in [0.1, 0.15) is 17.8 Å². The van der Waals surface area contributed by atoms with Gasteiger partial charge in [-0.2, -0.15) is 0 Å². The summed E-state index contributed by atoms with van der Waals surface area (Å²) in [5.41, 5.74) is 5.07. The molecule has 0 saturated carbocycles. The fraction of sp³-hybridized carbons (Fsp3) is 0.227. The second-order valence-corrected chi connectivity index (χ2v) is 6.99. The number of ether oxygens (including phenoxy) is 1. The van der Waals surface area contributed by atoms with Crippen LogP contribution in [0.25, 0.3) is 22.3 Å². The summed E-state index contributed by atoms with van der Waals surface area (Å²) in [6.07, 6.45) is 3.43. The molecule has 1 aliphatic rings. The van der Waals surface area contributed by atoms with Gasteiger partial charge in [-0.1, -0.05) is 18.2 Å². The van der Waals surface area contributed by atoms with E-state index in [-0.39, 0.29) is 0 Å². The first-order valence-corrected chi connectivity index (χ1v) is 9.77. The van der Waals surface area contributed by atoms with Gasteiger partial charge in [0, 0.05) is 30.7 Å². The average Bonchev–Trinajstić information content (AvgIpc) is 3.24. The van der Waals surface area contributed by atoms with E-state index in [1.165, 1.54) is 0 Å². The smallest absolute Gasteiger partial charge is 0.143 e. The molecule has 1 aromatic carbocycles. The van der Waals surface area contributed by atoms with Crippen LogP contribution in [0, 0.1) is 0 Å². The van der Waals surface area contributed by atoms with Crippen molar-refractivity contribution < 1.29 is 4.74 Å². The SMILES string of the molecule is c1ccc(CNc2ccc(-c3cc4c(N5CCOCC5)ncnc4[nH]3)cc2)nc1. The van der Waals surface area contributed by atoms with Crippen LogP contribution in [-0.4, -0.2) is 46.2 Å². The number of anilines is 2. The zero-order valence-corrected chi connectivity index (χ0v) is 16.0. The third-order valence-electron chi connectivity index (χ3n) is 5.11. The molecule has 3 aromatic heterocycles. The topological polar surface area (TPSA) is 79.0 Å². The number of pyridine rings is 1. The van der Waals surface area contributed by atoms with E-state index in [0.717, 1.165) is 65.8 Å². The summed E-state index contributed by atoms with van der Waals surface area (Å²) in [5.74, 6) is 0.967. The van der Waals surface area contributed by atoms with E-state index < -0.39 is 0 Å². The molecule has 5 rings (SSSR count). The number of H-pyrrole nitrogens is 1. The Morgan fingerprint density at radius 3 is 2.66 bits per heavy atom. The Balaban J connectivity index is 1.36. The lowest BCUT2D eigenvalue weighted by atomic mass is 10.1. The van der Waals surface area contributed by atoms with Crippen molar-refractivity contribution in [2.24, 2.45) is 0 Å². The van der Waals surface area contributed by atoms with Crippen LogP contribution in [0.5, 0.6) is 0 Å². The molecule has 0 amide bonds. The van der Waals surface area contributed by atoms with E-state index in [0.29, 0.717) is 6.54 Å². The monoisotopic (exact) mass is 386 g/mol. The number of fused-ring (bicyclic) bond motifs is 1. The van der Waals surface area contributed by atoms with Crippen molar-refractivity contribution >= 4 is 22.5 Å². The summed E-state index contributed by atoms with van der Waals surface area (Å²) in [5, 5.41) is 4.45. The predicted molar refractivity (Wildman–Crippen MR) is 114 cm³/mol. The molecule has 0 bridgehead atoms. The van der Waals surface area contributed by atoms with Gasteiger partial charge in [-0.25, -0.2) is 9.97 Å². The molecule has 0 atom stereocenters. The average molecular weight is 386 g/mol. The summed E-state index contributed by atoms with van der Waals surface area (Å²) < 4.78 is 5.46. The highest BCUT2D eigenvalue weighted by Gasteiger charge is 2.17. The zero-order valence-electron chi connectivity index (χ0n) is 16.0. The highest BCUT2D eigenvalue weighted by molar-refractivity contribution is 5.92. The van der Waals surface area contributed by atoms with Crippen LogP contribution in [0.1, 0.15) is 5.69 Å². The van der Waals surface area contributed by atoms with Crippen LogP contribution in [-0.2, 0) is 11.3 Å². The fourth-order valence-corrected chi connectivity index (χ4v) is 3.57. The molecular formula is C22H22N6O. The van der Waals surface area contributed by atoms with Crippen molar-refractivity contribution in [1.82, 2.24) is 19.9 Å². The number of benzene rings is 1. The van der Waals surface area contributed by atoms with Gasteiger partial charge in [0.05, 0.1) is 30.8 Å². The second kappa shape index (κ2) is 7.89. The number of aromatic amines is 1. The summed E-state index contributed by atoms with van der Waals surface area (Å²) >= 11 is 0. The third kappa shape index (κ3) is 3.77. The maximum absolute atomic E-state index is 5.46. The fourth-order valence-electron chi connectivity index (χ4n) is 3.57. The molecule has 29 heavy (non-hydrogen) atoms. The number of rotatable bonds is 5. The third-order valence-corrected chi connectivity index (χ3v) is 5.11. The Hall–Kier alpha value is -3.45. The van der Waals surface area contributed by atoms with Crippen LogP contribution in [0.2, 0.25) is 0 Å². The van der Waals surface area contributed by atoms with Crippen LogP contribution in [0.3, 0.4) is 0 Å². The van der Waals surface area contributed by atoms with E-state index in [1.807, 2.05) is 24.4 Å². The molecule has 1 saturated heterocycles. The van der Waals surface area contributed by atoms with Crippen LogP contribution in [0.15, 0.2) is 61.1 Å². The quantitative estimate of drug-likeness (QED) is 0.547. The molecule has 7 nitrogen and oxygen atoms in total. The molecule has 0 unspecified atom stereocenters. The van der Waals surface area contributed by atoms with Gasteiger partial charge in [0.15, 0.2) is 0 Å². The minimum Gasteiger partial charge on any atom is -0.379 e. The van der Waals surface area contributed by atoms with Crippen molar-refractivity contribution in [3.05, 3.63) is 66.7 Å². The summed E-state index contributed by atoms with van der Waals surface area (Å²) in [6, 6.07) is 16.4. The number of hydrogen-bond donors (Lipinski definition) is 2. The van der Waals surface area contributed by atoms with E-state index in [1.54, 1.807) is 6.33 Å². The molecular weight excluding hydrogens is 364 g/mol. The zero-order chi connectivity index (χ0) is 19.5. The first-order valence-electron chi connectivity index (χ1n) is 9.77. The Bertz CT molecular complexity index is 1090. The molecule has 0 aliphatic carbocycles. The van der Waals surface area contributed by atoms with E-state index in [4.69, 9.17) is 4.74 Å². The lowest BCUT2D eigenvalue weighted by molar-refractivity contribution is 0.122. The Kier molecular flexibility index (Phi) is 4.80. The molecule has 1 fully saturated rings. The number of aromatic nitrogens is 4. The van der Waals surface area contributed by atoms with Crippen LogP contribution < -0.4 is 10.2 Å². The van der Waals surface area contributed by atoms with E-state index in [9.17, 15) is 0 Å². The normalized spacial score (nSPS) is 14.3. The first kappa shape index (κ1) is 17.6. The van der Waals surface area contributed by atoms with Gasteiger partial charge in [-0.3, -0.25) is 4.98 Å². The Morgan fingerprint density at radius 2 is 1.86 bits per heavy atom. The minimum atomic E-state index is 0.699. The van der Waals surface area contributed by atoms with Gasteiger partial charge in [0.25, 0.3) is 0 Å². The highest BCUT2D eigenvalue weighted by atomic mass is 16.5. The van der Waals surface area contributed by atoms with Gasteiger partial charge in [0.2, 0.25) is 0 Å². The first-order chi connectivity index (χ1) is 14.4. The summed E-state index contributed by atoms with van der Waals surface area (Å²) in [6.45, 7) is 3.86. The van der Waals surface area contributed by atoms with Gasteiger partial charge in [-0.15, -0.1) is 0 Å². The number of morpholine rings is 1. The molecule has 146 valence electrons. The van der Waals surface area contributed by atoms with E-state index >= 15 is 0 Å². The standard InChI is InChI=1S/C22H22N6O/c1-2-8-23-18(3-1)14-24-17-6-4-16(5-7-17)20-13-19-21(27-20)25-15-26-22(19)28-9-11-29-12-10-28/h1-8,13,15,24H,9-12,14H2,(H,25,26,27). The molecule has 0 spiro atoms. The molecule has 0 radical (unpaired) electrons. The van der Waals surface area contributed by atoms with Crippen molar-refractivity contribution in [1.29, 1.82) is 0 Å². The second-order valence-electron chi connectivity index (χ2n) is 6.99. The van der Waals surface area contributed by atoms with Crippen molar-refractivity contribution in [3.63, 3.8) is 0 Å². The van der Waals surface area contributed by atoms with E-state index in [2.05, 4.69) is 60.5 Å². The maximum atomic E-state index is 5.46. The van der Waals surface area contributed by atoms with Crippen molar-refractivity contribution in [3.8, 4) is 11.3 Å². The lowest BCUT2D eigenvalue weighted by Crippen LogP contribution is -2.36. The molecule has 1 aliphatic heterocycles. The summed E-state index contributed by atoms with van der Waals surface area (Å²) in [4.78, 5) is 19.0. The Labute approximate surface area is 168 Å². The molecule has 7 heteroatoms. The number of hydrogen-bond acceptors (Lipinski definition) is 6. The lowest BCUT2D eigenvalue weighted by Gasteiger charge is -2.27. The number of nitrogens with zero attached hydrogens (tertiary/aromatic N) is 4. The molecule has 4 heterocycles. The van der Waals surface area contributed by atoms with Gasteiger partial charge >= 0.3 is 0 Å². The van der Waals surface area contributed by atoms with Gasteiger partial charge < -0.3 is 19.9 Å². The van der Waals surface area contributed by atoms with Crippen LogP contribution >= 0.6 is 0 Å². The number of nitrogens with one attached hydrogen (secondary N) is 2. The van der Waals surface area contributed by atoms with Crippen molar-refractivity contribution in [2.75, 3.05) is 36.5 Å². The molecule has 2 N–H and O–H groups in total. The predicted octanol–water partition coefficient (Wildman–Crippen LogP) is 3.47. The highest BCUT2D eigenvalue weighted by Crippen LogP contribution is 2.29. The Morgan fingerprint density at radius 1 is 1.00 bits per heavy atom. The van der Waals surface area contributed by atoms with Crippen molar-refractivity contribution in [2.45, 2.75) is 6.54 Å².